The van der Waals surface area contributed by atoms with Gasteiger partial charge in [-0.25, -0.2) is 13.6 Å². The molecule has 1 N–H and O–H groups in total. The molecule has 2 aliphatic rings. The standard InChI is InChI=1S/C17H21F2N3O3/c1-11-3-4-13(18)12(15(11)19)7-20-16(24)22-6-5-17(10-22)9-21(2)14(23)8-25-17/h3-4H,5-10H2,1-2H3,(H,20,24). The van der Waals surface area contributed by atoms with Gasteiger partial charge in [0, 0.05) is 19.2 Å². The molecule has 1 aromatic rings. The number of carbonyl (C=O) groups is 2. The molecule has 8 heteroatoms. The highest BCUT2D eigenvalue weighted by molar-refractivity contribution is 5.78. The molecule has 2 fully saturated rings. The monoisotopic (exact) mass is 353 g/mol. The van der Waals surface area contributed by atoms with Crippen molar-refractivity contribution in [2.75, 3.05) is 33.3 Å². The molecule has 0 aliphatic carbocycles. The second-order valence-corrected chi connectivity index (χ2v) is 6.71. The lowest BCUT2D eigenvalue weighted by molar-refractivity contribution is -0.158. The molecule has 1 atom stereocenters. The molecule has 0 saturated carbocycles. The number of ether oxygens (including phenoxy) is 1. The minimum atomic E-state index is -0.683. The molecule has 2 heterocycles. The minimum Gasteiger partial charge on any atom is -0.361 e. The second kappa shape index (κ2) is 6.59. The van der Waals surface area contributed by atoms with Crippen molar-refractivity contribution in [3.8, 4) is 0 Å². The molecule has 2 saturated heterocycles. The van der Waals surface area contributed by atoms with Gasteiger partial charge in [-0.05, 0) is 25.0 Å². The van der Waals surface area contributed by atoms with E-state index in [2.05, 4.69) is 5.32 Å². The Kier molecular flexibility index (Phi) is 4.64. The molecule has 136 valence electrons. The molecule has 3 amide bonds. The number of hydrogen-bond donors (Lipinski definition) is 1. The van der Waals surface area contributed by atoms with Crippen molar-refractivity contribution >= 4 is 11.9 Å². The first kappa shape index (κ1) is 17.6. The Hall–Kier alpha value is -2.22. The second-order valence-electron chi connectivity index (χ2n) is 6.71. The van der Waals surface area contributed by atoms with Gasteiger partial charge in [-0.2, -0.15) is 0 Å². The summed E-state index contributed by atoms with van der Waals surface area (Å²) in [7, 11) is 1.71. The van der Waals surface area contributed by atoms with Crippen LogP contribution in [0.5, 0.6) is 0 Å². The predicted octanol–water partition coefficient (Wildman–Crippen LogP) is 1.42. The van der Waals surface area contributed by atoms with Crippen LogP contribution in [0.1, 0.15) is 17.5 Å². The van der Waals surface area contributed by atoms with Crippen LogP contribution < -0.4 is 5.32 Å². The van der Waals surface area contributed by atoms with E-state index in [1.807, 2.05) is 0 Å². The fourth-order valence-electron chi connectivity index (χ4n) is 3.31. The number of aryl methyl sites for hydroxylation is 1. The van der Waals surface area contributed by atoms with Crippen molar-refractivity contribution in [3.05, 3.63) is 34.9 Å². The van der Waals surface area contributed by atoms with Gasteiger partial charge in [0.15, 0.2) is 0 Å². The van der Waals surface area contributed by atoms with E-state index in [9.17, 15) is 18.4 Å². The van der Waals surface area contributed by atoms with E-state index in [4.69, 9.17) is 4.74 Å². The molecule has 1 unspecified atom stereocenters. The summed E-state index contributed by atoms with van der Waals surface area (Å²) in [6, 6.07) is 2.15. The summed E-state index contributed by atoms with van der Waals surface area (Å²) < 4.78 is 33.4. The average Bonchev–Trinajstić information content (AvgIpc) is 2.99. The van der Waals surface area contributed by atoms with Gasteiger partial charge < -0.3 is 19.9 Å². The van der Waals surface area contributed by atoms with Gasteiger partial charge in [0.1, 0.15) is 23.8 Å². The van der Waals surface area contributed by atoms with Crippen molar-refractivity contribution in [2.24, 2.45) is 0 Å². The third-order valence-corrected chi connectivity index (χ3v) is 4.85. The summed E-state index contributed by atoms with van der Waals surface area (Å²) in [6.07, 6.45) is 0.616. The number of hydrogen-bond acceptors (Lipinski definition) is 3. The maximum atomic E-state index is 14.0. The van der Waals surface area contributed by atoms with Crippen molar-refractivity contribution in [3.63, 3.8) is 0 Å². The Morgan fingerprint density at radius 1 is 1.36 bits per heavy atom. The van der Waals surface area contributed by atoms with E-state index in [0.29, 0.717) is 31.6 Å². The first-order chi connectivity index (χ1) is 11.8. The van der Waals surface area contributed by atoms with Crippen LogP contribution in [0, 0.1) is 18.6 Å². The van der Waals surface area contributed by atoms with Crippen LogP contribution in [0.4, 0.5) is 13.6 Å². The van der Waals surface area contributed by atoms with Crippen LogP contribution in [0.15, 0.2) is 12.1 Å². The van der Waals surface area contributed by atoms with E-state index < -0.39 is 23.3 Å². The highest BCUT2D eigenvalue weighted by atomic mass is 19.1. The number of carbonyl (C=O) groups excluding carboxylic acids is 2. The number of likely N-dealkylation sites (N-methyl/N-ethyl adjacent to an activating group) is 1. The quantitative estimate of drug-likeness (QED) is 0.875. The number of halogens is 2. The number of likely N-dealkylation sites (tertiary alicyclic amines) is 1. The molecule has 1 spiro atoms. The molecule has 3 rings (SSSR count). The van der Waals surface area contributed by atoms with Crippen molar-refractivity contribution < 1.29 is 23.1 Å². The Balaban J connectivity index is 1.60. The fraction of sp³-hybridized carbons (Fsp3) is 0.529. The first-order valence-corrected chi connectivity index (χ1v) is 8.15. The first-order valence-electron chi connectivity index (χ1n) is 8.15. The van der Waals surface area contributed by atoms with Gasteiger partial charge in [0.05, 0.1) is 19.6 Å². The molecule has 0 aromatic heterocycles. The average molecular weight is 353 g/mol. The molecule has 6 nitrogen and oxygen atoms in total. The zero-order valence-electron chi connectivity index (χ0n) is 14.3. The summed E-state index contributed by atoms with van der Waals surface area (Å²) in [4.78, 5) is 27.0. The smallest absolute Gasteiger partial charge is 0.317 e. The molecular formula is C17H21F2N3O3. The highest BCUT2D eigenvalue weighted by Gasteiger charge is 2.45. The largest absolute Gasteiger partial charge is 0.361 e. The lowest BCUT2D eigenvalue weighted by atomic mass is 10.0. The number of nitrogens with zero attached hydrogens (tertiary/aromatic N) is 2. The lowest BCUT2D eigenvalue weighted by Gasteiger charge is -2.38. The van der Waals surface area contributed by atoms with Crippen LogP contribution in [-0.4, -0.2) is 60.6 Å². The zero-order chi connectivity index (χ0) is 18.2. The van der Waals surface area contributed by atoms with Gasteiger partial charge in [-0.1, -0.05) is 6.07 Å². The van der Waals surface area contributed by atoms with E-state index >= 15 is 0 Å². The summed E-state index contributed by atoms with van der Waals surface area (Å²) >= 11 is 0. The number of amides is 3. The lowest BCUT2D eigenvalue weighted by Crippen LogP contribution is -2.55. The molecule has 2 aliphatic heterocycles. The van der Waals surface area contributed by atoms with Crippen LogP contribution in [0.25, 0.3) is 0 Å². The van der Waals surface area contributed by atoms with Crippen molar-refractivity contribution in [1.29, 1.82) is 0 Å². The normalized spacial score (nSPS) is 23.4. The minimum absolute atomic E-state index is 0.00563. The third-order valence-electron chi connectivity index (χ3n) is 4.85. The van der Waals surface area contributed by atoms with Crippen LogP contribution >= 0.6 is 0 Å². The number of rotatable bonds is 2. The molecular weight excluding hydrogens is 332 g/mol. The van der Waals surface area contributed by atoms with Crippen molar-refractivity contribution in [1.82, 2.24) is 15.1 Å². The Morgan fingerprint density at radius 3 is 2.84 bits per heavy atom. The topological polar surface area (TPSA) is 61.9 Å². The SMILES string of the molecule is Cc1ccc(F)c(CNC(=O)N2CCC3(CN(C)C(=O)CO3)C2)c1F. The number of nitrogens with one attached hydrogen (secondary N) is 1. The Bertz CT molecular complexity index is 713. The molecule has 1 aromatic carbocycles. The Labute approximate surface area is 144 Å². The van der Waals surface area contributed by atoms with E-state index in [-0.39, 0.29) is 24.6 Å². The third kappa shape index (κ3) is 3.44. The Morgan fingerprint density at radius 2 is 2.12 bits per heavy atom. The maximum absolute atomic E-state index is 14.0. The number of benzene rings is 1. The number of urea groups is 1. The summed E-state index contributed by atoms with van der Waals surface area (Å²) in [5, 5.41) is 2.56. The van der Waals surface area contributed by atoms with Gasteiger partial charge in [0.2, 0.25) is 5.91 Å². The highest BCUT2D eigenvalue weighted by Crippen LogP contribution is 2.29. The van der Waals surface area contributed by atoms with Crippen LogP contribution in [0.3, 0.4) is 0 Å². The number of morpholine rings is 1. The molecule has 0 bridgehead atoms. The van der Waals surface area contributed by atoms with Gasteiger partial charge >= 0.3 is 6.03 Å². The zero-order valence-corrected chi connectivity index (χ0v) is 14.3. The molecule has 0 radical (unpaired) electrons. The summed E-state index contributed by atoms with van der Waals surface area (Å²) in [5.41, 5.74) is -0.379. The fourth-order valence-corrected chi connectivity index (χ4v) is 3.31. The summed E-state index contributed by atoms with van der Waals surface area (Å²) in [6.45, 7) is 2.56. The van der Waals surface area contributed by atoms with Crippen LogP contribution in [0.2, 0.25) is 0 Å². The van der Waals surface area contributed by atoms with Gasteiger partial charge in [-0.15, -0.1) is 0 Å². The summed E-state index contributed by atoms with van der Waals surface area (Å²) in [5.74, 6) is -1.41. The maximum Gasteiger partial charge on any atom is 0.317 e. The van der Waals surface area contributed by atoms with Gasteiger partial charge in [0.25, 0.3) is 0 Å². The predicted molar refractivity (Wildman–Crippen MR) is 85.8 cm³/mol. The van der Waals surface area contributed by atoms with Gasteiger partial charge in [-0.3, -0.25) is 4.79 Å². The van der Waals surface area contributed by atoms with E-state index in [0.717, 1.165) is 0 Å². The van der Waals surface area contributed by atoms with E-state index in [1.54, 1.807) is 23.8 Å². The van der Waals surface area contributed by atoms with Crippen LogP contribution in [-0.2, 0) is 16.1 Å². The van der Waals surface area contributed by atoms with E-state index in [1.165, 1.54) is 12.1 Å². The van der Waals surface area contributed by atoms with Crippen molar-refractivity contribution in [2.45, 2.75) is 25.5 Å². The molecule has 25 heavy (non-hydrogen) atoms.